The maximum absolute atomic E-state index is 13.2. The molecule has 1 unspecified atom stereocenters. The van der Waals surface area contributed by atoms with Gasteiger partial charge in [0, 0.05) is 31.4 Å². The van der Waals surface area contributed by atoms with Crippen molar-refractivity contribution >= 4 is 24.0 Å². The number of anilines is 1. The molecule has 1 aromatic heterocycles. The molecular formula is C25H29ClN2O3. The van der Waals surface area contributed by atoms with Crippen LogP contribution in [-0.2, 0) is 5.60 Å². The number of furan rings is 1. The van der Waals surface area contributed by atoms with Gasteiger partial charge >= 0.3 is 0 Å². The van der Waals surface area contributed by atoms with Crippen molar-refractivity contribution in [1.82, 2.24) is 4.90 Å². The third-order valence-corrected chi connectivity index (χ3v) is 5.94. The van der Waals surface area contributed by atoms with Crippen molar-refractivity contribution in [1.29, 1.82) is 0 Å². The first kappa shape index (κ1) is 23.1. The summed E-state index contributed by atoms with van der Waals surface area (Å²) in [6.45, 7) is 4.36. The van der Waals surface area contributed by atoms with Crippen LogP contribution >= 0.6 is 12.4 Å². The van der Waals surface area contributed by atoms with Gasteiger partial charge in [0.05, 0.1) is 11.9 Å². The summed E-state index contributed by atoms with van der Waals surface area (Å²) < 4.78 is 5.38. The van der Waals surface area contributed by atoms with Crippen LogP contribution in [0.4, 0.5) is 5.69 Å². The Kier molecular flexibility index (Phi) is 7.55. The minimum Gasteiger partial charge on any atom is -0.459 e. The highest BCUT2D eigenvalue weighted by Gasteiger charge is 2.35. The van der Waals surface area contributed by atoms with Crippen LogP contribution in [0.15, 0.2) is 83.5 Å². The van der Waals surface area contributed by atoms with Gasteiger partial charge in [-0.15, -0.1) is 12.4 Å². The number of amides is 1. The SMILES string of the molecule is CC(CN1CCC(O)(c2ccccc2)CC1)N(C(=O)c1ccco1)c1ccccc1.Cl. The standard InChI is InChI=1S/C25H28N2O3.ClH/c1-20(19-26-16-14-25(29,15-17-26)21-9-4-2-5-10-21)27(22-11-6-3-7-12-22)24(28)23-13-8-18-30-23;/h2-13,18,20,29H,14-17,19H2,1H3;1H. The van der Waals surface area contributed by atoms with Crippen LogP contribution in [0.2, 0.25) is 0 Å². The number of rotatable bonds is 6. The fourth-order valence-electron chi connectivity index (χ4n) is 4.28. The molecule has 2 aromatic carbocycles. The summed E-state index contributed by atoms with van der Waals surface area (Å²) in [6.07, 6.45) is 2.89. The van der Waals surface area contributed by atoms with Crippen LogP contribution in [0.5, 0.6) is 0 Å². The summed E-state index contributed by atoms with van der Waals surface area (Å²) in [7, 11) is 0. The lowest BCUT2D eigenvalue weighted by Crippen LogP contribution is -2.49. The minimum absolute atomic E-state index is 0. The van der Waals surface area contributed by atoms with E-state index in [0.717, 1.165) is 30.9 Å². The average Bonchev–Trinajstić information content (AvgIpc) is 3.32. The lowest BCUT2D eigenvalue weighted by atomic mass is 9.84. The van der Waals surface area contributed by atoms with Gasteiger partial charge in [0.2, 0.25) is 0 Å². The van der Waals surface area contributed by atoms with Crippen LogP contribution in [-0.4, -0.2) is 41.6 Å². The first-order valence-corrected chi connectivity index (χ1v) is 10.5. The molecule has 0 saturated carbocycles. The van der Waals surface area contributed by atoms with Crippen LogP contribution in [0.25, 0.3) is 0 Å². The summed E-state index contributed by atoms with van der Waals surface area (Å²) in [4.78, 5) is 17.3. The predicted octanol–water partition coefficient (Wildman–Crippen LogP) is 4.72. The molecule has 1 saturated heterocycles. The highest BCUT2D eigenvalue weighted by Crippen LogP contribution is 2.33. The maximum Gasteiger partial charge on any atom is 0.294 e. The van der Waals surface area contributed by atoms with Gasteiger partial charge in [-0.2, -0.15) is 0 Å². The topological polar surface area (TPSA) is 56.9 Å². The van der Waals surface area contributed by atoms with E-state index in [2.05, 4.69) is 11.8 Å². The number of carbonyl (C=O) groups is 1. The van der Waals surface area contributed by atoms with Crippen LogP contribution < -0.4 is 4.90 Å². The zero-order chi connectivity index (χ0) is 21.0. The molecule has 3 aromatic rings. The molecule has 1 aliphatic heterocycles. The third kappa shape index (κ3) is 5.18. The van der Waals surface area contributed by atoms with Gasteiger partial charge in [-0.3, -0.25) is 4.79 Å². The number of likely N-dealkylation sites (tertiary alicyclic amines) is 1. The van der Waals surface area contributed by atoms with E-state index >= 15 is 0 Å². The zero-order valence-corrected chi connectivity index (χ0v) is 18.5. The number of aliphatic hydroxyl groups is 1. The first-order valence-electron chi connectivity index (χ1n) is 10.5. The van der Waals surface area contributed by atoms with Crippen molar-refractivity contribution in [3.63, 3.8) is 0 Å². The van der Waals surface area contributed by atoms with Crippen molar-refractivity contribution in [2.24, 2.45) is 0 Å². The smallest absolute Gasteiger partial charge is 0.294 e. The highest BCUT2D eigenvalue weighted by atomic mass is 35.5. The Labute approximate surface area is 189 Å². The maximum atomic E-state index is 13.2. The second-order valence-electron chi connectivity index (χ2n) is 8.04. The van der Waals surface area contributed by atoms with Crippen molar-refractivity contribution < 1.29 is 14.3 Å². The fourth-order valence-corrected chi connectivity index (χ4v) is 4.28. The Bertz CT molecular complexity index is 939. The molecule has 0 radical (unpaired) electrons. The van der Waals surface area contributed by atoms with Gasteiger partial charge in [0.1, 0.15) is 0 Å². The van der Waals surface area contributed by atoms with E-state index in [4.69, 9.17) is 4.42 Å². The predicted molar refractivity (Wildman–Crippen MR) is 125 cm³/mol. The van der Waals surface area contributed by atoms with Crippen molar-refractivity contribution in [3.8, 4) is 0 Å². The molecule has 31 heavy (non-hydrogen) atoms. The Morgan fingerprint density at radius 2 is 1.65 bits per heavy atom. The molecular weight excluding hydrogens is 412 g/mol. The first-order chi connectivity index (χ1) is 14.6. The summed E-state index contributed by atoms with van der Waals surface area (Å²) >= 11 is 0. The van der Waals surface area contributed by atoms with Crippen LogP contribution in [0.1, 0.15) is 35.9 Å². The number of hydrogen-bond acceptors (Lipinski definition) is 4. The van der Waals surface area contributed by atoms with Gasteiger partial charge in [-0.05, 0) is 49.6 Å². The molecule has 1 amide bonds. The van der Waals surface area contributed by atoms with Gasteiger partial charge in [0.25, 0.3) is 5.91 Å². The lowest BCUT2D eigenvalue weighted by molar-refractivity contribution is -0.0267. The van der Waals surface area contributed by atoms with E-state index in [1.807, 2.05) is 60.7 Å². The van der Waals surface area contributed by atoms with Gasteiger partial charge < -0.3 is 19.3 Å². The number of piperidine rings is 1. The summed E-state index contributed by atoms with van der Waals surface area (Å²) in [5, 5.41) is 11.1. The molecule has 1 aliphatic rings. The fraction of sp³-hybridized carbons (Fsp3) is 0.320. The van der Waals surface area contributed by atoms with Crippen LogP contribution in [0.3, 0.4) is 0 Å². The number of halogens is 1. The molecule has 2 heterocycles. The molecule has 6 heteroatoms. The molecule has 0 spiro atoms. The summed E-state index contributed by atoms with van der Waals surface area (Å²) in [5.74, 6) is 0.194. The highest BCUT2D eigenvalue weighted by molar-refractivity contribution is 6.04. The molecule has 5 nitrogen and oxygen atoms in total. The van der Waals surface area contributed by atoms with Crippen molar-refractivity contribution in [2.45, 2.75) is 31.4 Å². The largest absolute Gasteiger partial charge is 0.459 e. The van der Waals surface area contributed by atoms with Crippen molar-refractivity contribution in [3.05, 3.63) is 90.4 Å². The molecule has 0 bridgehead atoms. The van der Waals surface area contributed by atoms with Gasteiger partial charge in [-0.25, -0.2) is 0 Å². The van der Waals surface area contributed by atoms with E-state index in [9.17, 15) is 9.90 Å². The van der Waals surface area contributed by atoms with E-state index in [-0.39, 0.29) is 24.4 Å². The van der Waals surface area contributed by atoms with Crippen molar-refractivity contribution in [2.75, 3.05) is 24.5 Å². The van der Waals surface area contributed by atoms with Gasteiger partial charge in [0.15, 0.2) is 5.76 Å². The molecule has 0 aliphatic carbocycles. The zero-order valence-electron chi connectivity index (χ0n) is 17.7. The van der Waals surface area contributed by atoms with E-state index < -0.39 is 5.60 Å². The number of carbonyl (C=O) groups excluding carboxylic acids is 1. The quantitative estimate of drug-likeness (QED) is 0.602. The molecule has 1 N–H and O–H groups in total. The number of benzene rings is 2. The van der Waals surface area contributed by atoms with Gasteiger partial charge in [-0.1, -0.05) is 48.5 Å². The lowest BCUT2D eigenvalue weighted by Gasteiger charge is -2.40. The molecule has 164 valence electrons. The van der Waals surface area contributed by atoms with E-state index in [0.29, 0.717) is 18.6 Å². The number of para-hydroxylation sites is 1. The second kappa shape index (κ2) is 10.1. The second-order valence-corrected chi connectivity index (χ2v) is 8.04. The summed E-state index contributed by atoms with van der Waals surface area (Å²) in [5.41, 5.74) is 1.06. The third-order valence-electron chi connectivity index (χ3n) is 5.94. The van der Waals surface area contributed by atoms with E-state index in [1.54, 1.807) is 17.0 Å². The average molecular weight is 441 g/mol. The van der Waals surface area contributed by atoms with Crippen LogP contribution in [0, 0.1) is 0 Å². The van der Waals surface area contributed by atoms with E-state index in [1.165, 1.54) is 6.26 Å². The number of nitrogens with zero attached hydrogens (tertiary/aromatic N) is 2. The Morgan fingerprint density at radius 3 is 2.23 bits per heavy atom. The Hall–Kier alpha value is -2.60. The Morgan fingerprint density at radius 1 is 1.03 bits per heavy atom. The molecule has 1 fully saturated rings. The molecule has 4 rings (SSSR count). The monoisotopic (exact) mass is 440 g/mol. The minimum atomic E-state index is -0.774. The normalized spacial score (nSPS) is 16.8. The number of hydrogen-bond donors (Lipinski definition) is 1. The Balaban J connectivity index is 0.00000272. The summed E-state index contributed by atoms with van der Waals surface area (Å²) in [6, 6.07) is 23.0. The molecule has 1 atom stereocenters.